The molecule has 4 aromatic rings. The van der Waals surface area contributed by atoms with Crippen molar-refractivity contribution in [1.82, 2.24) is 14.8 Å². The fraction of sp³-hybridized carbons (Fsp3) is 0.0500. The number of hydrogen-bond acceptors (Lipinski definition) is 3. The van der Waals surface area contributed by atoms with Gasteiger partial charge in [0, 0.05) is 16.6 Å². The van der Waals surface area contributed by atoms with Gasteiger partial charge in [-0.3, -0.25) is 9.78 Å². The Labute approximate surface area is 167 Å². The number of hydrogen-bond donors (Lipinski definition) is 1. The number of carbonyl (C=O) groups excluding carboxylic acids is 1. The zero-order valence-corrected chi connectivity index (χ0v) is 15.4. The Morgan fingerprint density at radius 1 is 1.07 bits per heavy atom. The standard InChI is InChI=1S/C20H12ClF3N4O/c21-13-6-2-7-14(10-13)28-18(20(22,23)24)15(11-26-28)19(29)27-16-8-1-4-12-5-3-9-25-17(12)16/h1-11H,(H,27,29). The van der Waals surface area contributed by atoms with Crippen molar-refractivity contribution in [3.8, 4) is 5.69 Å². The molecule has 2 heterocycles. The molecule has 0 radical (unpaired) electrons. The lowest BCUT2D eigenvalue weighted by atomic mass is 10.1. The smallest absolute Gasteiger partial charge is 0.320 e. The van der Waals surface area contributed by atoms with Crippen molar-refractivity contribution in [2.45, 2.75) is 6.18 Å². The minimum Gasteiger partial charge on any atom is -0.320 e. The molecule has 0 spiro atoms. The van der Waals surface area contributed by atoms with Crippen molar-refractivity contribution in [3.63, 3.8) is 0 Å². The maximum Gasteiger partial charge on any atom is 0.434 e. The van der Waals surface area contributed by atoms with E-state index in [0.29, 0.717) is 15.9 Å². The number of aromatic nitrogens is 3. The molecule has 0 aliphatic heterocycles. The van der Waals surface area contributed by atoms with E-state index in [4.69, 9.17) is 11.6 Å². The Bertz CT molecular complexity index is 1210. The molecule has 0 atom stereocenters. The summed E-state index contributed by atoms with van der Waals surface area (Å²) in [5.41, 5.74) is -0.928. The van der Waals surface area contributed by atoms with Gasteiger partial charge in [0.2, 0.25) is 0 Å². The van der Waals surface area contributed by atoms with E-state index in [0.717, 1.165) is 11.6 Å². The van der Waals surface area contributed by atoms with Gasteiger partial charge in [-0.2, -0.15) is 18.3 Å². The number of alkyl halides is 3. The zero-order chi connectivity index (χ0) is 20.6. The Kier molecular flexibility index (Phi) is 4.71. The molecule has 0 unspecified atom stereocenters. The van der Waals surface area contributed by atoms with Gasteiger partial charge in [-0.05, 0) is 30.3 Å². The molecule has 0 saturated carbocycles. The van der Waals surface area contributed by atoms with Crippen LogP contribution in [0.1, 0.15) is 16.1 Å². The molecular weight excluding hydrogens is 405 g/mol. The average Bonchev–Trinajstić information content (AvgIpc) is 3.14. The minimum atomic E-state index is -4.82. The number of amides is 1. The lowest BCUT2D eigenvalue weighted by Crippen LogP contribution is -2.20. The van der Waals surface area contributed by atoms with Gasteiger partial charge in [-0.1, -0.05) is 35.9 Å². The summed E-state index contributed by atoms with van der Waals surface area (Å²) in [4.78, 5) is 16.9. The molecule has 0 aliphatic rings. The number of fused-ring (bicyclic) bond motifs is 1. The van der Waals surface area contributed by atoms with E-state index in [9.17, 15) is 18.0 Å². The molecular formula is C20H12ClF3N4O. The lowest BCUT2D eigenvalue weighted by molar-refractivity contribution is -0.143. The quantitative estimate of drug-likeness (QED) is 0.490. The molecule has 9 heteroatoms. The highest BCUT2D eigenvalue weighted by atomic mass is 35.5. The number of halogens is 4. The van der Waals surface area contributed by atoms with Gasteiger partial charge in [0.1, 0.15) is 0 Å². The monoisotopic (exact) mass is 416 g/mol. The van der Waals surface area contributed by atoms with E-state index in [1.165, 1.54) is 30.5 Å². The van der Waals surface area contributed by atoms with E-state index in [-0.39, 0.29) is 10.7 Å². The molecule has 1 amide bonds. The summed E-state index contributed by atoms with van der Waals surface area (Å²) in [6, 6.07) is 14.3. The van der Waals surface area contributed by atoms with Crippen LogP contribution >= 0.6 is 11.6 Å². The first-order valence-corrected chi connectivity index (χ1v) is 8.78. The summed E-state index contributed by atoms with van der Waals surface area (Å²) in [7, 11) is 0. The molecule has 0 bridgehead atoms. The van der Waals surface area contributed by atoms with Crippen LogP contribution in [0.5, 0.6) is 0 Å². The Morgan fingerprint density at radius 3 is 2.59 bits per heavy atom. The molecule has 0 saturated heterocycles. The number of para-hydroxylation sites is 1. The van der Waals surface area contributed by atoms with E-state index < -0.39 is 23.3 Å². The van der Waals surface area contributed by atoms with Crippen molar-refractivity contribution in [1.29, 1.82) is 0 Å². The summed E-state index contributed by atoms with van der Waals surface area (Å²) >= 11 is 5.88. The number of rotatable bonds is 3. The van der Waals surface area contributed by atoms with E-state index in [1.807, 2.05) is 0 Å². The van der Waals surface area contributed by atoms with Crippen LogP contribution in [0.3, 0.4) is 0 Å². The minimum absolute atomic E-state index is 0.0932. The predicted molar refractivity (Wildman–Crippen MR) is 103 cm³/mol. The fourth-order valence-corrected chi connectivity index (χ4v) is 3.17. The molecule has 0 aliphatic carbocycles. The first-order chi connectivity index (χ1) is 13.8. The summed E-state index contributed by atoms with van der Waals surface area (Å²) in [5, 5.41) is 7.28. The highest BCUT2D eigenvalue weighted by molar-refractivity contribution is 6.30. The van der Waals surface area contributed by atoms with E-state index in [1.54, 1.807) is 30.3 Å². The van der Waals surface area contributed by atoms with E-state index in [2.05, 4.69) is 15.4 Å². The topological polar surface area (TPSA) is 59.8 Å². The van der Waals surface area contributed by atoms with Crippen LogP contribution in [-0.4, -0.2) is 20.7 Å². The molecule has 1 N–H and O–H groups in total. The number of nitrogens with one attached hydrogen (secondary N) is 1. The third-order valence-electron chi connectivity index (χ3n) is 4.22. The Hall–Kier alpha value is -3.39. The van der Waals surface area contributed by atoms with Crippen LogP contribution in [0.25, 0.3) is 16.6 Å². The summed E-state index contributed by atoms with van der Waals surface area (Å²) < 4.78 is 42.0. The maximum atomic E-state index is 13.8. The van der Waals surface area contributed by atoms with Gasteiger partial charge in [0.15, 0.2) is 5.69 Å². The van der Waals surface area contributed by atoms with Gasteiger partial charge < -0.3 is 5.32 Å². The maximum absolute atomic E-state index is 13.8. The Balaban J connectivity index is 1.77. The first-order valence-electron chi connectivity index (χ1n) is 8.41. The second-order valence-corrected chi connectivity index (χ2v) is 6.57. The third-order valence-corrected chi connectivity index (χ3v) is 4.45. The second kappa shape index (κ2) is 7.21. The third kappa shape index (κ3) is 3.66. The zero-order valence-electron chi connectivity index (χ0n) is 14.6. The summed E-state index contributed by atoms with van der Waals surface area (Å²) in [5.74, 6) is -0.941. The average molecular weight is 417 g/mol. The number of carbonyl (C=O) groups is 1. The van der Waals surface area contributed by atoms with Gasteiger partial charge in [-0.15, -0.1) is 0 Å². The SMILES string of the molecule is O=C(Nc1cccc2cccnc12)c1cnn(-c2cccc(Cl)c2)c1C(F)(F)F. The molecule has 29 heavy (non-hydrogen) atoms. The summed E-state index contributed by atoms with van der Waals surface area (Å²) in [6.07, 6.45) is -2.39. The second-order valence-electron chi connectivity index (χ2n) is 6.13. The van der Waals surface area contributed by atoms with Crippen LogP contribution in [0.4, 0.5) is 18.9 Å². The number of pyridine rings is 1. The van der Waals surface area contributed by atoms with Gasteiger partial charge in [-0.25, -0.2) is 4.68 Å². The first kappa shape index (κ1) is 18.9. The number of anilines is 1. The van der Waals surface area contributed by atoms with Crippen molar-refractivity contribution >= 4 is 34.1 Å². The van der Waals surface area contributed by atoms with Gasteiger partial charge in [0.25, 0.3) is 5.91 Å². The van der Waals surface area contributed by atoms with Gasteiger partial charge >= 0.3 is 6.18 Å². The van der Waals surface area contributed by atoms with Crippen molar-refractivity contribution < 1.29 is 18.0 Å². The van der Waals surface area contributed by atoms with E-state index >= 15 is 0 Å². The molecule has 2 aromatic heterocycles. The molecule has 2 aromatic carbocycles. The molecule has 5 nitrogen and oxygen atoms in total. The lowest BCUT2D eigenvalue weighted by Gasteiger charge is -2.13. The highest BCUT2D eigenvalue weighted by Gasteiger charge is 2.40. The molecule has 146 valence electrons. The van der Waals surface area contributed by atoms with Crippen LogP contribution in [0.2, 0.25) is 5.02 Å². The summed E-state index contributed by atoms with van der Waals surface area (Å²) in [6.45, 7) is 0. The predicted octanol–water partition coefficient (Wildman–Crippen LogP) is 5.35. The fourth-order valence-electron chi connectivity index (χ4n) is 2.99. The van der Waals surface area contributed by atoms with Crippen molar-refractivity contribution in [3.05, 3.63) is 83.3 Å². The highest BCUT2D eigenvalue weighted by Crippen LogP contribution is 2.34. The number of nitrogens with zero attached hydrogens (tertiary/aromatic N) is 3. The van der Waals surface area contributed by atoms with Crippen molar-refractivity contribution in [2.75, 3.05) is 5.32 Å². The van der Waals surface area contributed by atoms with Crippen LogP contribution in [0.15, 0.2) is 67.0 Å². The largest absolute Gasteiger partial charge is 0.434 e. The normalized spacial score (nSPS) is 11.6. The Morgan fingerprint density at radius 2 is 1.83 bits per heavy atom. The van der Waals surface area contributed by atoms with Crippen LogP contribution < -0.4 is 5.32 Å². The van der Waals surface area contributed by atoms with Crippen molar-refractivity contribution in [2.24, 2.45) is 0 Å². The number of benzene rings is 2. The molecule has 4 rings (SSSR count). The van der Waals surface area contributed by atoms with Crippen LogP contribution in [-0.2, 0) is 6.18 Å². The van der Waals surface area contributed by atoms with Crippen LogP contribution in [0, 0.1) is 0 Å². The molecule has 0 fully saturated rings. The van der Waals surface area contributed by atoms with Gasteiger partial charge in [0.05, 0.1) is 28.7 Å².